The number of rotatable bonds is 3. The lowest BCUT2D eigenvalue weighted by Crippen LogP contribution is -2.03. The molecular weight excluding hydrogens is 192 g/mol. The van der Waals surface area contributed by atoms with Crippen molar-refractivity contribution in [3.8, 4) is 5.92 Å². The predicted octanol–water partition coefficient (Wildman–Crippen LogP) is 4.39. The molecule has 0 heterocycles. The van der Waals surface area contributed by atoms with Crippen LogP contribution in [0, 0.1) is 40.0 Å². The summed E-state index contributed by atoms with van der Waals surface area (Å²) in [6.45, 7) is 10.8. The second-order valence-corrected chi connectivity index (χ2v) is 4.64. The molecule has 0 N–H and O–H groups in total. The molecular formula is C16H21. The van der Waals surface area contributed by atoms with Crippen LogP contribution in [-0.4, -0.2) is 0 Å². The molecule has 0 bridgehead atoms. The highest BCUT2D eigenvalue weighted by molar-refractivity contribution is 5.46. The zero-order valence-electron chi connectivity index (χ0n) is 11.1. The van der Waals surface area contributed by atoms with Gasteiger partial charge in [-0.05, 0) is 68.4 Å². The minimum absolute atomic E-state index is 0.169. The Bertz CT molecular complexity index is 419. The summed E-state index contributed by atoms with van der Waals surface area (Å²) in [6, 6.07) is 2.24. The lowest BCUT2D eigenvalue weighted by atomic mass is 9.86. The van der Waals surface area contributed by atoms with Gasteiger partial charge in [0.15, 0.2) is 0 Å². The van der Waals surface area contributed by atoms with Crippen molar-refractivity contribution in [2.45, 2.75) is 53.4 Å². The quantitative estimate of drug-likeness (QED) is 0.653. The van der Waals surface area contributed by atoms with Gasteiger partial charge in [0.1, 0.15) is 0 Å². The zero-order valence-corrected chi connectivity index (χ0v) is 11.1. The van der Waals surface area contributed by atoms with Gasteiger partial charge in [0.2, 0.25) is 0 Å². The van der Waals surface area contributed by atoms with Crippen LogP contribution in [0.4, 0.5) is 0 Å². The Morgan fingerprint density at radius 2 is 1.75 bits per heavy atom. The first-order chi connectivity index (χ1) is 7.52. The number of aryl methyl sites for hydroxylation is 1. The maximum atomic E-state index is 7.44. The van der Waals surface area contributed by atoms with E-state index in [-0.39, 0.29) is 5.92 Å². The molecule has 0 aliphatic heterocycles. The number of hydrogen-bond donors (Lipinski definition) is 0. The fourth-order valence-electron chi connectivity index (χ4n) is 2.20. The fourth-order valence-corrected chi connectivity index (χ4v) is 2.20. The molecule has 0 aliphatic rings. The van der Waals surface area contributed by atoms with Gasteiger partial charge in [-0.15, -0.1) is 0 Å². The molecule has 0 spiro atoms. The Hall–Kier alpha value is -1.22. The molecule has 16 heavy (non-hydrogen) atoms. The summed E-state index contributed by atoms with van der Waals surface area (Å²) in [7, 11) is 0. The Labute approximate surface area is 100 Å². The smallest absolute Gasteiger partial charge is 0.0465 e. The first-order valence-electron chi connectivity index (χ1n) is 6.02. The van der Waals surface area contributed by atoms with Crippen LogP contribution in [0.25, 0.3) is 0 Å². The molecule has 1 rings (SSSR count). The van der Waals surface area contributed by atoms with Crippen molar-refractivity contribution in [3.05, 3.63) is 40.3 Å². The van der Waals surface area contributed by atoms with Crippen molar-refractivity contribution < 1.29 is 0 Å². The molecule has 0 saturated heterocycles. The van der Waals surface area contributed by atoms with Crippen LogP contribution in [0.1, 0.15) is 53.5 Å². The minimum Gasteiger partial charge on any atom is -0.0809 e. The van der Waals surface area contributed by atoms with E-state index >= 15 is 0 Å². The molecule has 1 radical (unpaired) electrons. The molecule has 0 fully saturated rings. The molecule has 0 saturated carbocycles. The summed E-state index contributed by atoms with van der Waals surface area (Å²) in [5, 5.41) is 0. The van der Waals surface area contributed by atoms with E-state index in [4.69, 9.17) is 6.42 Å². The van der Waals surface area contributed by atoms with Crippen molar-refractivity contribution >= 4 is 0 Å². The van der Waals surface area contributed by atoms with E-state index in [1.807, 2.05) is 0 Å². The van der Waals surface area contributed by atoms with Gasteiger partial charge < -0.3 is 0 Å². The van der Waals surface area contributed by atoms with Crippen molar-refractivity contribution in [3.63, 3.8) is 0 Å². The van der Waals surface area contributed by atoms with E-state index in [1.165, 1.54) is 27.8 Å². The molecule has 0 amide bonds. The summed E-state index contributed by atoms with van der Waals surface area (Å²) < 4.78 is 0. The Kier molecular flexibility index (Phi) is 4.19. The SMILES string of the molecule is [C]#CC(CCC)c1cc(C)c(C)c(C)c1C. The average molecular weight is 213 g/mol. The van der Waals surface area contributed by atoms with Crippen LogP contribution in [-0.2, 0) is 0 Å². The van der Waals surface area contributed by atoms with Crippen LogP contribution in [0.2, 0.25) is 0 Å². The van der Waals surface area contributed by atoms with Crippen molar-refractivity contribution in [1.82, 2.24) is 0 Å². The molecule has 0 aromatic heterocycles. The second-order valence-electron chi connectivity index (χ2n) is 4.64. The first kappa shape index (κ1) is 12.8. The van der Waals surface area contributed by atoms with Crippen molar-refractivity contribution in [2.75, 3.05) is 0 Å². The highest BCUT2D eigenvalue weighted by Gasteiger charge is 2.14. The molecule has 85 valence electrons. The lowest BCUT2D eigenvalue weighted by molar-refractivity contribution is 0.728. The van der Waals surface area contributed by atoms with E-state index in [0.29, 0.717) is 0 Å². The van der Waals surface area contributed by atoms with E-state index in [0.717, 1.165) is 12.8 Å². The standard InChI is InChI=1S/C16H21/c1-7-9-15(8-2)16-10-11(3)12(4)13(5)14(16)6/h10,15H,7,9H2,1,3-6H3. The molecule has 1 aromatic rings. The van der Waals surface area contributed by atoms with E-state index < -0.39 is 0 Å². The Morgan fingerprint density at radius 1 is 1.12 bits per heavy atom. The van der Waals surface area contributed by atoms with Gasteiger partial charge in [0, 0.05) is 5.92 Å². The van der Waals surface area contributed by atoms with Crippen LogP contribution < -0.4 is 0 Å². The van der Waals surface area contributed by atoms with Crippen LogP contribution in [0.15, 0.2) is 6.07 Å². The number of benzene rings is 1. The largest absolute Gasteiger partial charge is 0.0809 e. The van der Waals surface area contributed by atoms with Gasteiger partial charge in [0.25, 0.3) is 0 Å². The van der Waals surface area contributed by atoms with Crippen LogP contribution >= 0.6 is 0 Å². The number of hydrogen-bond acceptors (Lipinski definition) is 0. The topological polar surface area (TPSA) is 0 Å². The molecule has 0 aliphatic carbocycles. The summed E-state index contributed by atoms with van der Waals surface area (Å²) in [6.07, 6.45) is 9.56. The predicted molar refractivity (Wildman–Crippen MR) is 70.2 cm³/mol. The average Bonchev–Trinajstić information content (AvgIpc) is 2.28. The van der Waals surface area contributed by atoms with Crippen LogP contribution in [0.3, 0.4) is 0 Å². The first-order valence-corrected chi connectivity index (χ1v) is 6.02. The summed E-state index contributed by atoms with van der Waals surface area (Å²) >= 11 is 0. The third-order valence-corrected chi connectivity index (χ3v) is 3.65. The normalized spacial score (nSPS) is 12.2. The van der Waals surface area contributed by atoms with Gasteiger partial charge in [-0.2, -0.15) is 0 Å². The highest BCUT2D eigenvalue weighted by atomic mass is 14.2. The maximum absolute atomic E-state index is 7.44. The van der Waals surface area contributed by atoms with E-state index in [1.54, 1.807) is 0 Å². The Morgan fingerprint density at radius 3 is 2.25 bits per heavy atom. The van der Waals surface area contributed by atoms with E-state index in [9.17, 15) is 0 Å². The van der Waals surface area contributed by atoms with Gasteiger partial charge in [-0.25, -0.2) is 0 Å². The fraction of sp³-hybridized carbons (Fsp3) is 0.500. The van der Waals surface area contributed by atoms with Gasteiger partial charge in [0.05, 0.1) is 0 Å². The molecule has 0 heteroatoms. The van der Waals surface area contributed by atoms with Gasteiger partial charge >= 0.3 is 0 Å². The summed E-state index contributed by atoms with van der Waals surface area (Å²) in [4.78, 5) is 0. The molecule has 1 aromatic carbocycles. The third kappa shape index (κ3) is 2.30. The molecule has 0 nitrogen and oxygen atoms in total. The van der Waals surface area contributed by atoms with Gasteiger partial charge in [-0.1, -0.05) is 25.3 Å². The third-order valence-electron chi connectivity index (χ3n) is 3.65. The molecule has 1 unspecified atom stereocenters. The second kappa shape index (κ2) is 5.21. The molecule has 1 atom stereocenters. The van der Waals surface area contributed by atoms with Gasteiger partial charge in [-0.3, -0.25) is 0 Å². The highest BCUT2D eigenvalue weighted by Crippen LogP contribution is 2.29. The zero-order chi connectivity index (χ0) is 12.3. The van der Waals surface area contributed by atoms with Crippen molar-refractivity contribution in [1.29, 1.82) is 0 Å². The maximum Gasteiger partial charge on any atom is 0.0465 e. The van der Waals surface area contributed by atoms with Crippen molar-refractivity contribution in [2.24, 2.45) is 0 Å². The minimum atomic E-state index is 0.169. The van der Waals surface area contributed by atoms with Crippen LogP contribution in [0.5, 0.6) is 0 Å². The van der Waals surface area contributed by atoms with E-state index in [2.05, 4.69) is 46.6 Å². The Balaban J connectivity index is 3.29. The lowest BCUT2D eigenvalue weighted by Gasteiger charge is -2.18. The summed E-state index contributed by atoms with van der Waals surface area (Å²) in [5.41, 5.74) is 6.70. The summed E-state index contributed by atoms with van der Waals surface area (Å²) in [5.74, 6) is 2.85. The monoisotopic (exact) mass is 213 g/mol.